The molecule has 1 aromatic heterocycles. The van der Waals surface area contributed by atoms with Crippen LogP contribution in [0.25, 0.3) is 0 Å². The number of hydrogen-bond donors (Lipinski definition) is 5. The van der Waals surface area contributed by atoms with Gasteiger partial charge in [-0.15, -0.1) is 0 Å². The van der Waals surface area contributed by atoms with Gasteiger partial charge in [-0.3, -0.25) is 23.6 Å². The number of aromatic nitrogens is 2. The van der Waals surface area contributed by atoms with Crippen molar-refractivity contribution in [2.45, 2.75) is 43.4 Å². The van der Waals surface area contributed by atoms with Crippen molar-refractivity contribution in [1.82, 2.24) is 9.55 Å². The fraction of sp³-hybridized carbons (Fsp3) is 0.321. The van der Waals surface area contributed by atoms with Crippen LogP contribution in [0.5, 0.6) is 5.75 Å². The Balaban J connectivity index is 1.46. The van der Waals surface area contributed by atoms with Crippen molar-refractivity contribution in [2.75, 3.05) is 23.4 Å². The number of aliphatic hydroxyl groups is 1. The van der Waals surface area contributed by atoms with Crippen molar-refractivity contribution in [3.63, 3.8) is 0 Å². The Labute approximate surface area is 282 Å². The van der Waals surface area contributed by atoms with Crippen LogP contribution in [-0.4, -0.2) is 75.0 Å². The molecule has 4 rings (SSSR count). The van der Waals surface area contributed by atoms with Gasteiger partial charge in [0.05, 0.1) is 6.61 Å². The summed E-state index contributed by atoms with van der Waals surface area (Å²) in [7, 11) is -10.8. The van der Waals surface area contributed by atoms with E-state index in [0.29, 0.717) is 5.69 Å². The van der Waals surface area contributed by atoms with Gasteiger partial charge in [-0.25, -0.2) is 14.4 Å². The molecule has 1 aliphatic heterocycles. The van der Waals surface area contributed by atoms with E-state index in [1.165, 1.54) is 18.2 Å². The number of anilines is 2. The predicted octanol–water partition coefficient (Wildman–Crippen LogP) is 0.977. The number of urea groups is 1. The van der Waals surface area contributed by atoms with Crippen LogP contribution in [0.2, 0.25) is 0 Å². The second kappa shape index (κ2) is 16.9. The molecule has 0 spiro atoms. The lowest BCUT2D eigenvalue weighted by Crippen LogP contribution is -2.40. The van der Waals surface area contributed by atoms with E-state index in [0.717, 1.165) is 10.8 Å². The second-order valence-corrected chi connectivity index (χ2v) is 14.0. The zero-order valence-electron chi connectivity index (χ0n) is 25.7. The van der Waals surface area contributed by atoms with Gasteiger partial charge in [0.15, 0.2) is 12.3 Å². The number of para-hydroxylation sites is 2. The van der Waals surface area contributed by atoms with E-state index >= 15 is 0 Å². The van der Waals surface area contributed by atoms with E-state index in [1.54, 1.807) is 48.5 Å². The number of carbonyl (C=O) groups excluding carboxylic acids is 2. The summed E-state index contributed by atoms with van der Waals surface area (Å²) in [6, 6.07) is 15.0. The Morgan fingerprint density at radius 1 is 1.04 bits per heavy atom. The molecule has 3 aromatic rings. The largest absolute Gasteiger partial charge is 0.778 e. The zero-order valence-corrected chi connectivity index (χ0v) is 27.5. The third-order valence-corrected chi connectivity index (χ3v) is 9.88. The fourth-order valence-electron chi connectivity index (χ4n) is 4.41. The summed E-state index contributed by atoms with van der Waals surface area (Å²) in [4.78, 5) is 77.1. The van der Waals surface area contributed by atoms with E-state index < -0.39 is 82.6 Å². The zero-order chi connectivity index (χ0) is 36.5. The van der Waals surface area contributed by atoms with Crippen molar-refractivity contribution in [1.29, 1.82) is 0 Å². The van der Waals surface area contributed by atoms with Gasteiger partial charge in [-0.05, 0) is 43.2 Å². The molecule has 1 aliphatic rings. The molecule has 22 heteroatoms. The van der Waals surface area contributed by atoms with Crippen molar-refractivity contribution < 1.29 is 66.6 Å². The summed E-state index contributed by atoms with van der Waals surface area (Å²) < 4.78 is 50.1. The number of phosphoric ester groups is 1. The van der Waals surface area contributed by atoms with Crippen LogP contribution in [0.4, 0.5) is 21.1 Å². The summed E-state index contributed by atoms with van der Waals surface area (Å²) in [5, 5.41) is 24.7. The summed E-state index contributed by atoms with van der Waals surface area (Å²) >= 11 is 0. The van der Waals surface area contributed by atoms with E-state index in [1.807, 2.05) is 0 Å². The number of carboxylic acid groups (broad SMARTS) is 1. The van der Waals surface area contributed by atoms with E-state index in [2.05, 4.69) is 24.5 Å². The van der Waals surface area contributed by atoms with Crippen LogP contribution in [-0.2, 0) is 32.2 Å². The third-order valence-electron chi connectivity index (χ3n) is 6.75. The molecule has 0 aliphatic carbocycles. The van der Waals surface area contributed by atoms with Gasteiger partial charge in [-0.2, -0.15) is 4.98 Å². The number of benzene rings is 2. The van der Waals surface area contributed by atoms with Crippen LogP contribution in [0.3, 0.4) is 0 Å². The molecule has 270 valence electrons. The Kier molecular flexibility index (Phi) is 13.0. The summed E-state index contributed by atoms with van der Waals surface area (Å²) in [5.41, 5.74) is 4.69. The Morgan fingerprint density at radius 3 is 2.34 bits per heavy atom. The van der Waals surface area contributed by atoms with Crippen molar-refractivity contribution in [3.8, 4) is 5.75 Å². The second-order valence-electron chi connectivity index (χ2n) is 10.5. The van der Waals surface area contributed by atoms with Gasteiger partial charge < -0.3 is 54.3 Å². The minimum atomic E-state index is -5.64. The number of nitrogens with two attached hydrogens (primary N) is 1. The maximum absolute atomic E-state index is 13.0. The lowest BCUT2D eigenvalue weighted by Gasteiger charge is -2.32. The van der Waals surface area contributed by atoms with E-state index in [4.69, 9.17) is 25.1 Å². The number of hydrogen-bond acceptors (Lipinski definition) is 16. The molecule has 0 bridgehead atoms. The highest BCUT2D eigenvalue weighted by atomic mass is 31.3. The first kappa shape index (κ1) is 38.3. The molecular weight excluding hydrogens is 708 g/mol. The summed E-state index contributed by atoms with van der Waals surface area (Å²) in [5.74, 6) is -1.53. The van der Waals surface area contributed by atoms with Crippen LogP contribution in [0.15, 0.2) is 77.7 Å². The average molecular weight is 740 g/mol. The molecular formula is C28H31N5O15P2-2. The van der Waals surface area contributed by atoms with Crippen LogP contribution < -0.4 is 36.6 Å². The molecule has 50 heavy (non-hydrogen) atoms. The number of aliphatic hydroxyl groups excluding tert-OH is 1. The molecule has 7 atom stereocenters. The standard InChI is InChI=1S/C28H33N5O15P2/c29-19(25(35)36)12-7-15-49(40,41)48-50(42,43)44-16-20-22(34)23(47-28(39)45-18-10-5-2-6-11-18)24(46-20)33-14-13-21(32-27(33)38)31-26(37)30-17-8-3-1-4-9-17/h1-6,8-11,13-14,19-20,22-24,34H,7,12,15-16,29H2,(H,35,36)(H,40,41)(H,42,43)(H2,30,31,32,37,38)/p-2/t19?,20-,22+,23?,24-/m1/s1. The minimum Gasteiger partial charge on any atom is -0.778 e. The number of phosphoric acid groups is 1. The molecule has 2 heterocycles. The summed E-state index contributed by atoms with van der Waals surface area (Å²) in [6.45, 7) is -1.09. The van der Waals surface area contributed by atoms with Crippen LogP contribution in [0.1, 0.15) is 19.1 Å². The Hall–Kier alpha value is -4.49. The lowest BCUT2D eigenvalue weighted by molar-refractivity contribution is -0.234. The van der Waals surface area contributed by atoms with E-state index in [-0.39, 0.29) is 24.4 Å². The van der Waals surface area contributed by atoms with Gasteiger partial charge in [0.25, 0.3) is 7.82 Å². The van der Waals surface area contributed by atoms with Crippen LogP contribution >= 0.6 is 15.4 Å². The van der Waals surface area contributed by atoms with Crippen molar-refractivity contribution >= 4 is 45.1 Å². The first-order valence-electron chi connectivity index (χ1n) is 14.6. The lowest BCUT2D eigenvalue weighted by atomic mass is 10.1. The molecule has 1 fully saturated rings. The van der Waals surface area contributed by atoms with E-state index in [9.17, 15) is 43.2 Å². The molecule has 2 aromatic carbocycles. The highest BCUT2D eigenvalue weighted by Gasteiger charge is 2.48. The molecule has 20 nitrogen and oxygen atoms in total. The minimum absolute atomic E-state index is 0.0572. The first-order valence-corrected chi connectivity index (χ1v) is 17.8. The first-order chi connectivity index (χ1) is 23.6. The maximum atomic E-state index is 13.0. The predicted molar refractivity (Wildman–Crippen MR) is 167 cm³/mol. The molecule has 1 saturated heterocycles. The van der Waals surface area contributed by atoms with Crippen LogP contribution in [0, 0.1) is 0 Å². The molecule has 2 amide bonds. The Morgan fingerprint density at radius 2 is 1.70 bits per heavy atom. The van der Waals surface area contributed by atoms with Crippen molar-refractivity contribution in [2.24, 2.45) is 5.73 Å². The fourth-order valence-corrected chi connectivity index (χ4v) is 7.05. The average Bonchev–Trinajstić information content (AvgIpc) is 3.34. The highest BCUT2D eigenvalue weighted by molar-refractivity contribution is 7.62. The summed E-state index contributed by atoms with van der Waals surface area (Å²) in [6.07, 6.45) is -8.80. The monoisotopic (exact) mass is 739 g/mol. The van der Waals surface area contributed by atoms with Gasteiger partial charge in [0.2, 0.25) is 0 Å². The SMILES string of the molecule is NC(CCCP(=O)([O-])OP(=O)([O-])OC[C@H]1O[C@@H](n2ccc(NC(=O)Nc3ccccc3)nc2=O)C(OC(=O)Oc2ccccc2)[C@H]1O)C(=O)O. The molecule has 4 unspecified atom stereocenters. The molecule has 0 saturated carbocycles. The van der Waals surface area contributed by atoms with Gasteiger partial charge in [0.1, 0.15) is 37.4 Å². The number of aliphatic carboxylic acids is 1. The highest BCUT2D eigenvalue weighted by Crippen LogP contribution is 2.55. The number of nitrogens with zero attached hydrogens (tertiary/aromatic N) is 2. The number of ether oxygens (including phenoxy) is 3. The van der Waals surface area contributed by atoms with Gasteiger partial charge in [-0.1, -0.05) is 36.4 Å². The Bertz CT molecular complexity index is 1800. The number of rotatable bonds is 15. The van der Waals surface area contributed by atoms with Crippen molar-refractivity contribution in [3.05, 3.63) is 83.4 Å². The van der Waals surface area contributed by atoms with Gasteiger partial charge >= 0.3 is 23.8 Å². The number of amides is 2. The van der Waals surface area contributed by atoms with Gasteiger partial charge in [0, 0.05) is 18.0 Å². The topological polar surface area (TPSA) is 303 Å². The number of carbonyl (C=O) groups is 3. The maximum Gasteiger partial charge on any atom is 0.514 e. The normalized spacial score (nSPS) is 21.6. The number of carboxylic acids is 1. The third kappa shape index (κ3) is 11.3. The molecule has 6 N–H and O–H groups in total. The molecule has 0 radical (unpaired) electrons. The quantitative estimate of drug-likeness (QED) is 0.0824. The number of nitrogens with one attached hydrogen (secondary N) is 2. The smallest absolute Gasteiger partial charge is 0.514 e.